The third-order valence-corrected chi connectivity index (χ3v) is 5.02. The minimum atomic E-state index is -1.01. The monoisotopic (exact) mass is 448 g/mol. The van der Waals surface area contributed by atoms with Gasteiger partial charge in [-0.1, -0.05) is 48.0 Å². The van der Waals surface area contributed by atoms with Crippen LogP contribution in [0.3, 0.4) is 0 Å². The largest absolute Gasteiger partial charge is 0.487 e. The lowest BCUT2D eigenvalue weighted by Crippen LogP contribution is -2.30. The molecule has 0 saturated carbocycles. The Hall–Kier alpha value is -4.10. The smallest absolute Gasteiger partial charge is 0.335 e. The molecular weight excluding hydrogens is 432 g/mol. The van der Waals surface area contributed by atoms with E-state index in [4.69, 9.17) is 21.4 Å². The Balaban J connectivity index is 1.48. The molecule has 1 saturated heterocycles. The fraction of sp³-hybridized carbons (Fsp3) is 0.0417. The number of imide groups is 1. The topological polar surface area (TPSA) is 95.9 Å². The predicted molar refractivity (Wildman–Crippen MR) is 120 cm³/mol. The van der Waals surface area contributed by atoms with Gasteiger partial charge in [-0.05, 0) is 53.6 Å². The first-order valence-corrected chi connectivity index (χ1v) is 9.97. The first kappa shape index (κ1) is 21.1. The molecule has 7 nitrogen and oxygen atoms in total. The number of rotatable bonds is 6. The van der Waals surface area contributed by atoms with Gasteiger partial charge in [0.15, 0.2) is 0 Å². The molecule has 3 aromatic rings. The number of urea groups is 1. The molecule has 32 heavy (non-hydrogen) atoms. The van der Waals surface area contributed by atoms with E-state index in [1.54, 1.807) is 60.7 Å². The summed E-state index contributed by atoms with van der Waals surface area (Å²) < 4.78 is 5.71. The third kappa shape index (κ3) is 4.48. The Morgan fingerprint density at radius 1 is 1.03 bits per heavy atom. The number of anilines is 1. The quantitative estimate of drug-likeness (QED) is 0.420. The molecule has 8 heteroatoms. The zero-order chi connectivity index (χ0) is 22.7. The summed E-state index contributed by atoms with van der Waals surface area (Å²) in [5.41, 5.74) is 2.08. The summed E-state index contributed by atoms with van der Waals surface area (Å²) in [6.45, 7) is 0.141. The minimum absolute atomic E-state index is 0.133. The predicted octanol–water partition coefficient (Wildman–Crippen LogP) is 4.71. The molecule has 1 heterocycles. The normalized spacial score (nSPS) is 14.5. The van der Waals surface area contributed by atoms with Crippen LogP contribution >= 0.6 is 11.6 Å². The summed E-state index contributed by atoms with van der Waals surface area (Å²) >= 11 is 6.32. The van der Waals surface area contributed by atoms with E-state index in [1.165, 1.54) is 18.2 Å². The number of carboxylic acids is 1. The molecule has 0 aliphatic carbocycles. The second kappa shape index (κ2) is 8.95. The molecule has 4 rings (SSSR count). The molecule has 0 unspecified atom stereocenters. The molecule has 0 radical (unpaired) electrons. The highest BCUT2D eigenvalue weighted by Crippen LogP contribution is 2.28. The summed E-state index contributed by atoms with van der Waals surface area (Å²) in [7, 11) is 0. The van der Waals surface area contributed by atoms with Crippen molar-refractivity contribution in [3.8, 4) is 5.75 Å². The molecule has 0 atom stereocenters. The lowest BCUT2D eigenvalue weighted by molar-refractivity contribution is -0.113. The Bertz CT molecular complexity index is 1240. The highest BCUT2D eigenvalue weighted by molar-refractivity contribution is 6.32. The van der Waals surface area contributed by atoms with Gasteiger partial charge in [0.1, 0.15) is 18.1 Å². The van der Waals surface area contributed by atoms with Crippen molar-refractivity contribution >= 4 is 41.3 Å². The highest BCUT2D eigenvalue weighted by atomic mass is 35.5. The van der Waals surface area contributed by atoms with E-state index in [1.807, 2.05) is 0 Å². The van der Waals surface area contributed by atoms with E-state index >= 15 is 0 Å². The van der Waals surface area contributed by atoms with Crippen molar-refractivity contribution in [2.45, 2.75) is 6.61 Å². The van der Waals surface area contributed by atoms with Crippen LogP contribution in [0.15, 0.2) is 78.5 Å². The number of hydrogen-bond donors (Lipinski definition) is 2. The maximum Gasteiger partial charge on any atom is 0.335 e. The van der Waals surface area contributed by atoms with Gasteiger partial charge in [0.25, 0.3) is 5.91 Å². The molecule has 1 aliphatic rings. The van der Waals surface area contributed by atoms with E-state index in [0.29, 0.717) is 27.6 Å². The van der Waals surface area contributed by atoms with Crippen LogP contribution in [0.2, 0.25) is 5.02 Å². The van der Waals surface area contributed by atoms with E-state index in [-0.39, 0.29) is 17.9 Å². The Morgan fingerprint density at radius 3 is 2.53 bits per heavy atom. The fourth-order valence-electron chi connectivity index (χ4n) is 3.19. The number of carboxylic acid groups (broad SMARTS) is 1. The van der Waals surface area contributed by atoms with Crippen LogP contribution in [0, 0.1) is 0 Å². The third-order valence-electron chi connectivity index (χ3n) is 4.73. The van der Waals surface area contributed by atoms with Crippen molar-refractivity contribution in [1.29, 1.82) is 0 Å². The number of carbonyl (C=O) groups excluding carboxylic acids is 2. The van der Waals surface area contributed by atoms with Crippen LogP contribution in [0.1, 0.15) is 21.5 Å². The van der Waals surface area contributed by atoms with Crippen LogP contribution in [-0.4, -0.2) is 23.0 Å². The number of halogens is 1. The summed E-state index contributed by atoms with van der Waals surface area (Å²) in [6, 6.07) is 19.5. The van der Waals surface area contributed by atoms with Crippen molar-refractivity contribution in [2.24, 2.45) is 0 Å². The van der Waals surface area contributed by atoms with E-state index < -0.39 is 17.9 Å². The van der Waals surface area contributed by atoms with E-state index in [0.717, 1.165) is 4.90 Å². The molecule has 2 N–H and O–H groups in total. The summed E-state index contributed by atoms with van der Waals surface area (Å²) in [4.78, 5) is 37.1. The van der Waals surface area contributed by atoms with Gasteiger partial charge >= 0.3 is 12.0 Å². The van der Waals surface area contributed by atoms with Crippen molar-refractivity contribution in [1.82, 2.24) is 5.32 Å². The van der Waals surface area contributed by atoms with Crippen LogP contribution in [-0.2, 0) is 11.4 Å². The average molecular weight is 449 g/mol. The molecule has 160 valence electrons. The number of benzene rings is 3. The first-order chi connectivity index (χ1) is 15.4. The van der Waals surface area contributed by atoms with Crippen molar-refractivity contribution in [3.63, 3.8) is 0 Å². The maximum atomic E-state index is 12.7. The van der Waals surface area contributed by atoms with Crippen LogP contribution < -0.4 is 15.0 Å². The lowest BCUT2D eigenvalue weighted by Gasteiger charge is -2.11. The zero-order valence-corrected chi connectivity index (χ0v) is 17.4. The second-order valence-electron chi connectivity index (χ2n) is 6.95. The molecule has 0 bridgehead atoms. The van der Waals surface area contributed by atoms with Gasteiger partial charge in [-0.3, -0.25) is 4.79 Å². The summed E-state index contributed by atoms with van der Waals surface area (Å²) in [6.07, 6.45) is 1.54. The van der Waals surface area contributed by atoms with Gasteiger partial charge in [0.2, 0.25) is 0 Å². The number of hydrogen-bond acceptors (Lipinski definition) is 4. The number of ether oxygens (including phenoxy) is 1. The van der Waals surface area contributed by atoms with Crippen LogP contribution in [0.25, 0.3) is 6.08 Å². The standard InChI is InChI=1S/C24H17ClN2O5/c25-19-12-15(9-10-21(19)32-14-16-5-4-6-17(11-16)23(29)30)13-20-22(28)27(24(31)26-20)18-7-2-1-3-8-18/h1-13H,14H2,(H,26,31)(H,29,30)/b20-13-. The maximum absolute atomic E-state index is 12.7. The lowest BCUT2D eigenvalue weighted by atomic mass is 10.1. The highest BCUT2D eigenvalue weighted by Gasteiger charge is 2.34. The molecule has 3 amide bonds. The first-order valence-electron chi connectivity index (χ1n) is 9.59. The van der Waals surface area contributed by atoms with E-state index in [2.05, 4.69) is 5.32 Å². The SMILES string of the molecule is O=C(O)c1cccc(COc2ccc(/C=C3\NC(=O)N(c4ccccc4)C3=O)cc2Cl)c1. The zero-order valence-electron chi connectivity index (χ0n) is 16.6. The Morgan fingerprint density at radius 2 is 1.81 bits per heavy atom. The van der Waals surface area contributed by atoms with Crippen molar-refractivity contribution < 1.29 is 24.2 Å². The van der Waals surface area contributed by atoms with Crippen LogP contribution in [0.5, 0.6) is 5.75 Å². The second-order valence-corrected chi connectivity index (χ2v) is 7.36. The van der Waals surface area contributed by atoms with Gasteiger partial charge in [-0.2, -0.15) is 0 Å². The van der Waals surface area contributed by atoms with Crippen LogP contribution in [0.4, 0.5) is 10.5 Å². The molecule has 1 aliphatic heterocycles. The van der Waals surface area contributed by atoms with E-state index in [9.17, 15) is 14.4 Å². The summed E-state index contributed by atoms with van der Waals surface area (Å²) in [5, 5.41) is 12.0. The van der Waals surface area contributed by atoms with Gasteiger partial charge in [0.05, 0.1) is 16.3 Å². The van der Waals surface area contributed by atoms with Crippen molar-refractivity contribution in [2.75, 3.05) is 4.90 Å². The number of nitrogens with one attached hydrogen (secondary N) is 1. The van der Waals surface area contributed by atoms with Gasteiger partial charge in [0, 0.05) is 0 Å². The number of nitrogens with zero attached hydrogens (tertiary/aromatic N) is 1. The summed E-state index contributed by atoms with van der Waals surface area (Å²) in [5.74, 6) is -1.07. The number of carbonyl (C=O) groups is 3. The minimum Gasteiger partial charge on any atom is -0.487 e. The average Bonchev–Trinajstić information content (AvgIpc) is 3.06. The van der Waals surface area contributed by atoms with Gasteiger partial charge in [-0.15, -0.1) is 0 Å². The molecule has 0 aromatic heterocycles. The molecular formula is C24H17ClN2O5. The molecule has 3 aromatic carbocycles. The Labute approximate surface area is 188 Å². The Kier molecular flexibility index (Phi) is 5.91. The van der Waals surface area contributed by atoms with Gasteiger partial charge in [-0.25, -0.2) is 14.5 Å². The number of aromatic carboxylic acids is 1. The fourth-order valence-corrected chi connectivity index (χ4v) is 3.44. The number of amides is 3. The molecule has 1 fully saturated rings. The van der Waals surface area contributed by atoms with Gasteiger partial charge < -0.3 is 15.2 Å². The number of para-hydroxylation sites is 1. The van der Waals surface area contributed by atoms with Crippen molar-refractivity contribution in [3.05, 3.63) is 100 Å². The molecule has 0 spiro atoms.